The van der Waals surface area contributed by atoms with E-state index in [1.165, 1.54) is 6.33 Å². The second-order valence-electron chi connectivity index (χ2n) is 6.97. The maximum atomic E-state index is 12.9. The van der Waals surface area contributed by atoms with Crippen molar-refractivity contribution in [1.82, 2.24) is 19.8 Å². The Labute approximate surface area is 166 Å². The quantitative estimate of drug-likeness (QED) is 0.774. The molecule has 8 nitrogen and oxygen atoms in total. The standard InChI is InChI=1S/C20H28N6O2/c1-24(2)9-8-21-19-14-16(22-15-23-19)20(27)26-12-10-25(11-13-26)17-6-4-5-7-18(17)28-3/h4-7,14-15H,8-13H2,1-3H3,(H,21,22,23). The molecule has 28 heavy (non-hydrogen) atoms. The lowest BCUT2D eigenvalue weighted by Crippen LogP contribution is -2.49. The Bertz CT molecular complexity index is 790. The van der Waals surface area contributed by atoms with Crippen LogP contribution in [-0.4, -0.2) is 86.1 Å². The number of rotatable bonds is 7. The van der Waals surface area contributed by atoms with Gasteiger partial charge in [-0.2, -0.15) is 0 Å². The lowest BCUT2D eigenvalue weighted by Gasteiger charge is -2.36. The summed E-state index contributed by atoms with van der Waals surface area (Å²) in [5.41, 5.74) is 1.49. The highest BCUT2D eigenvalue weighted by molar-refractivity contribution is 5.93. The molecule has 3 rings (SSSR count). The van der Waals surface area contributed by atoms with E-state index in [1.807, 2.05) is 43.3 Å². The summed E-state index contributed by atoms with van der Waals surface area (Å²) in [5.74, 6) is 1.47. The van der Waals surface area contributed by atoms with Gasteiger partial charge in [0.15, 0.2) is 0 Å². The largest absolute Gasteiger partial charge is 0.495 e. The predicted octanol–water partition coefficient (Wildman–Crippen LogP) is 1.42. The number of amides is 1. The number of nitrogens with zero attached hydrogens (tertiary/aromatic N) is 5. The van der Waals surface area contributed by atoms with Crippen LogP contribution < -0.4 is 15.0 Å². The molecule has 8 heteroatoms. The van der Waals surface area contributed by atoms with Crippen LogP contribution in [0.15, 0.2) is 36.7 Å². The van der Waals surface area contributed by atoms with Crippen LogP contribution in [0.25, 0.3) is 0 Å². The van der Waals surface area contributed by atoms with Crippen LogP contribution in [0.1, 0.15) is 10.5 Å². The van der Waals surface area contributed by atoms with E-state index in [1.54, 1.807) is 13.2 Å². The van der Waals surface area contributed by atoms with Crippen LogP contribution in [0, 0.1) is 0 Å². The summed E-state index contributed by atoms with van der Waals surface area (Å²) in [6.07, 6.45) is 1.44. The Balaban J connectivity index is 1.59. The summed E-state index contributed by atoms with van der Waals surface area (Å²) in [5, 5.41) is 3.23. The van der Waals surface area contributed by atoms with Gasteiger partial charge < -0.3 is 24.8 Å². The third kappa shape index (κ3) is 4.89. The molecule has 0 spiro atoms. The van der Waals surface area contributed by atoms with Gasteiger partial charge >= 0.3 is 0 Å². The molecule has 1 aliphatic heterocycles. The number of piperazine rings is 1. The van der Waals surface area contributed by atoms with Gasteiger partial charge in [-0.3, -0.25) is 4.79 Å². The lowest BCUT2D eigenvalue weighted by atomic mass is 10.2. The Kier molecular flexibility index (Phi) is 6.65. The molecule has 2 aromatic rings. The first kappa shape index (κ1) is 19.9. The molecule has 2 heterocycles. The van der Waals surface area contributed by atoms with Gasteiger partial charge in [-0.25, -0.2) is 9.97 Å². The van der Waals surface area contributed by atoms with E-state index in [-0.39, 0.29) is 5.91 Å². The molecule has 1 amide bonds. The number of carbonyl (C=O) groups is 1. The number of methoxy groups -OCH3 is 1. The fourth-order valence-electron chi connectivity index (χ4n) is 3.18. The topological polar surface area (TPSA) is 73.8 Å². The summed E-state index contributed by atoms with van der Waals surface area (Å²) in [6.45, 7) is 4.44. The van der Waals surface area contributed by atoms with Gasteiger partial charge in [-0.1, -0.05) is 12.1 Å². The average Bonchev–Trinajstić information content (AvgIpc) is 2.73. The van der Waals surface area contributed by atoms with Gasteiger partial charge in [0.25, 0.3) is 5.91 Å². The average molecular weight is 384 g/mol. The van der Waals surface area contributed by atoms with E-state index >= 15 is 0 Å². The van der Waals surface area contributed by atoms with Crippen molar-refractivity contribution in [3.63, 3.8) is 0 Å². The number of benzene rings is 1. The van der Waals surface area contributed by atoms with Crippen molar-refractivity contribution < 1.29 is 9.53 Å². The Hall–Kier alpha value is -2.87. The maximum absolute atomic E-state index is 12.9. The van der Waals surface area contributed by atoms with E-state index in [2.05, 4.69) is 25.1 Å². The van der Waals surface area contributed by atoms with Crippen LogP contribution in [-0.2, 0) is 0 Å². The lowest BCUT2D eigenvalue weighted by molar-refractivity contribution is 0.0740. The van der Waals surface area contributed by atoms with Gasteiger partial charge in [0.05, 0.1) is 12.8 Å². The number of carbonyl (C=O) groups excluding carboxylic acids is 1. The Morgan fingerprint density at radius 2 is 1.93 bits per heavy atom. The molecule has 1 aromatic heterocycles. The number of ether oxygens (including phenoxy) is 1. The van der Waals surface area contributed by atoms with E-state index in [4.69, 9.17) is 4.74 Å². The Morgan fingerprint density at radius 1 is 1.18 bits per heavy atom. The highest BCUT2D eigenvalue weighted by atomic mass is 16.5. The highest BCUT2D eigenvalue weighted by Gasteiger charge is 2.24. The second kappa shape index (κ2) is 9.36. The minimum absolute atomic E-state index is 0.0577. The van der Waals surface area contributed by atoms with Crippen LogP contribution in [0.5, 0.6) is 5.75 Å². The van der Waals surface area contributed by atoms with Gasteiger partial charge in [0.2, 0.25) is 0 Å². The maximum Gasteiger partial charge on any atom is 0.272 e. The summed E-state index contributed by atoms with van der Waals surface area (Å²) in [7, 11) is 5.71. The fraction of sp³-hybridized carbons (Fsp3) is 0.450. The number of likely N-dealkylation sites (N-methyl/N-ethyl adjacent to an activating group) is 1. The van der Waals surface area contributed by atoms with Crippen molar-refractivity contribution in [2.24, 2.45) is 0 Å². The van der Waals surface area contributed by atoms with Crippen LogP contribution in [0.4, 0.5) is 11.5 Å². The summed E-state index contributed by atoms with van der Waals surface area (Å²) in [6, 6.07) is 9.69. The molecular weight excluding hydrogens is 356 g/mol. The third-order valence-corrected chi connectivity index (χ3v) is 4.74. The van der Waals surface area contributed by atoms with Crippen molar-refractivity contribution in [3.05, 3.63) is 42.4 Å². The number of nitrogens with one attached hydrogen (secondary N) is 1. The number of aromatic nitrogens is 2. The number of para-hydroxylation sites is 2. The number of anilines is 2. The van der Waals surface area contributed by atoms with Crippen LogP contribution in [0.2, 0.25) is 0 Å². The van der Waals surface area contributed by atoms with Gasteiger partial charge in [-0.15, -0.1) is 0 Å². The molecule has 1 aliphatic rings. The highest BCUT2D eigenvalue weighted by Crippen LogP contribution is 2.28. The SMILES string of the molecule is COc1ccccc1N1CCN(C(=O)c2cc(NCCN(C)C)ncn2)CC1. The first-order chi connectivity index (χ1) is 13.6. The minimum Gasteiger partial charge on any atom is -0.495 e. The van der Waals surface area contributed by atoms with Crippen LogP contribution >= 0.6 is 0 Å². The molecule has 0 atom stereocenters. The third-order valence-electron chi connectivity index (χ3n) is 4.74. The smallest absolute Gasteiger partial charge is 0.272 e. The zero-order valence-electron chi connectivity index (χ0n) is 16.8. The van der Waals surface area contributed by atoms with Crippen LogP contribution in [0.3, 0.4) is 0 Å². The van der Waals surface area contributed by atoms with Crippen molar-refractivity contribution in [2.75, 3.05) is 70.7 Å². The molecule has 1 N–H and O–H groups in total. The van der Waals surface area contributed by atoms with E-state index in [0.29, 0.717) is 24.6 Å². The predicted molar refractivity (Wildman–Crippen MR) is 110 cm³/mol. The molecule has 1 aromatic carbocycles. The number of hydrogen-bond acceptors (Lipinski definition) is 7. The normalized spacial score (nSPS) is 14.3. The van der Waals surface area contributed by atoms with E-state index < -0.39 is 0 Å². The molecule has 0 unspecified atom stereocenters. The molecule has 0 radical (unpaired) electrons. The van der Waals surface area contributed by atoms with Crippen molar-refractivity contribution >= 4 is 17.4 Å². The number of hydrogen-bond donors (Lipinski definition) is 1. The zero-order chi connectivity index (χ0) is 19.9. The van der Waals surface area contributed by atoms with Crippen molar-refractivity contribution in [2.45, 2.75) is 0 Å². The van der Waals surface area contributed by atoms with Gasteiger partial charge in [0.1, 0.15) is 23.6 Å². The molecule has 0 saturated carbocycles. The first-order valence-corrected chi connectivity index (χ1v) is 9.46. The fourth-order valence-corrected chi connectivity index (χ4v) is 3.18. The summed E-state index contributed by atoms with van der Waals surface area (Å²) < 4.78 is 5.45. The molecule has 0 bridgehead atoms. The van der Waals surface area contributed by atoms with Crippen molar-refractivity contribution in [3.8, 4) is 5.75 Å². The molecule has 1 fully saturated rings. The van der Waals surface area contributed by atoms with E-state index in [9.17, 15) is 4.79 Å². The molecule has 150 valence electrons. The van der Waals surface area contributed by atoms with E-state index in [0.717, 1.165) is 37.6 Å². The monoisotopic (exact) mass is 384 g/mol. The minimum atomic E-state index is -0.0577. The molecule has 0 aliphatic carbocycles. The zero-order valence-corrected chi connectivity index (χ0v) is 16.8. The summed E-state index contributed by atoms with van der Waals surface area (Å²) in [4.78, 5) is 27.4. The van der Waals surface area contributed by atoms with Gasteiger partial charge in [0, 0.05) is 45.3 Å². The summed E-state index contributed by atoms with van der Waals surface area (Å²) >= 11 is 0. The second-order valence-corrected chi connectivity index (χ2v) is 6.97. The Morgan fingerprint density at radius 3 is 2.64 bits per heavy atom. The molecular formula is C20H28N6O2. The van der Waals surface area contributed by atoms with Crippen molar-refractivity contribution in [1.29, 1.82) is 0 Å². The molecule has 1 saturated heterocycles. The van der Waals surface area contributed by atoms with Gasteiger partial charge in [-0.05, 0) is 26.2 Å². The first-order valence-electron chi connectivity index (χ1n) is 9.46.